The van der Waals surface area contributed by atoms with Crippen LogP contribution >= 0.6 is 0 Å². The molecule has 0 aliphatic heterocycles. The van der Waals surface area contributed by atoms with Crippen molar-refractivity contribution in [2.24, 2.45) is 0 Å². The minimum absolute atomic E-state index is 0.259. The minimum atomic E-state index is -3.23. The average molecular weight is 386 g/mol. The third-order valence-electron chi connectivity index (χ3n) is 3.91. The average Bonchev–Trinajstić information content (AvgIpc) is 3.05. The lowest BCUT2D eigenvalue weighted by Crippen LogP contribution is -2.07. The second-order valence-electron chi connectivity index (χ2n) is 6.05. The molecule has 2 aromatic carbocycles. The van der Waals surface area contributed by atoms with Crippen LogP contribution in [-0.4, -0.2) is 36.1 Å². The number of aromatic amines is 1. The molecule has 0 bridgehead atoms. The molecule has 1 aromatic heterocycles. The summed E-state index contributed by atoms with van der Waals surface area (Å²) in [5, 5.41) is 21.3. The highest BCUT2D eigenvalue weighted by atomic mass is 32.2. The summed E-state index contributed by atoms with van der Waals surface area (Å²) in [4.78, 5) is 11.0. The SMILES string of the molecule is Cc1cc(NC(=O)O)ccc1Nc1cc(-c2ccc(S(C)(=O)=O)cc2)[nH]n1. The topological polar surface area (TPSA) is 124 Å². The molecular weight excluding hydrogens is 368 g/mol. The van der Waals surface area contributed by atoms with Gasteiger partial charge in [-0.25, -0.2) is 13.2 Å². The number of sulfone groups is 1. The summed E-state index contributed by atoms with van der Waals surface area (Å²) in [6.07, 6.45) is 0.0498. The molecule has 27 heavy (non-hydrogen) atoms. The van der Waals surface area contributed by atoms with Crippen molar-refractivity contribution in [2.75, 3.05) is 16.9 Å². The summed E-state index contributed by atoms with van der Waals surface area (Å²) >= 11 is 0. The number of anilines is 3. The number of benzene rings is 2. The minimum Gasteiger partial charge on any atom is -0.465 e. The lowest BCUT2D eigenvalue weighted by atomic mass is 10.1. The largest absolute Gasteiger partial charge is 0.465 e. The highest BCUT2D eigenvalue weighted by Crippen LogP contribution is 2.26. The van der Waals surface area contributed by atoms with Gasteiger partial charge in [-0.05, 0) is 48.4 Å². The second-order valence-corrected chi connectivity index (χ2v) is 8.06. The number of carbonyl (C=O) groups is 1. The van der Waals surface area contributed by atoms with E-state index in [2.05, 4.69) is 20.8 Å². The van der Waals surface area contributed by atoms with Gasteiger partial charge in [0.15, 0.2) is 15.7 Å². The van der Waals surface area contributed by atoms with Crippen LogP contribution in [0.5, 0.6) is 0 Å². The lowest BCUT2D eigenvalue weighted by molar-refractivity contribution is 0.209. The fraction of sp³-hybridized carbons (Fsp3) is 0.111. The van der Waals surface area contributed by atoms with Crippen molar-refractivity contribution in [3.8, 4) is 11.3 Å². The Morgan fingerprint density at radius 2 is 1.81 bits per heavy atom. The van der Waals surface area contributed by atoms with Crippen LogP contribution in [0.2, 0.25) is 0 Å². The number of rotatable bonds is 5. The number of hydrogen-bond acceptors (Lipinski definition) is 5. The van der Waals surface area contributed by atoms with Crippen LogP contribution in [0, 0.1) is 6.92 Å². The van der Waals surface area contributed by atoms with Gasteiger partial charge in [-0.1, -0.05) is 12.1 Å². The first-order valence-corrected chi connectivity index (χ1v) is 9.85. The Morgan fingerprint density at radius 3 is 2.41 bits per heavy atom. The Bertz CT molecular complexity index is 1090. The van der Waals surface area contributed by atoms with E-state index in [1.54, 1.807) is 48.5 Å². The molecule has 0 saturated heterocycles. The van der Waals surface area contributed by atoms with Gasteiger partial charge in [0, 0.05) is 23.7 Å². The Kier molecular flexibility index (Phi) is 4.87. The number of carboxylic acid groups (broad SMARTS) is 1. The van der Waals surface area contributed by atoms with Gasteiger partial charge < -0.3 is 10.4 Å². The predicted molar refractivity (Wildman–Crippen MR) is 103 cm³/mol. The first kappa shape index (κ1) is 18.5. The Labute approximate surface area is 156 Å². The van der Waals surface area contributed by atoms with E-state index >= 15 is 0 Å². The first-order chi connectivity index (χ1) is 12.7. The summed E-state index contributed by atoms with van der Waals surface area (Å²) < 4.78 is 23.1. The molecule has 0 radical (unpaired) electrons. The van der Waals surface area contributed by atoms with Gasteiger partial charge in [0.1, 0.15) is 0 Å². The molecule has 140 valence electrons. The molecule has 9 heteroatoms. The van der Waals surface area contributed by atoms with Crippen molar-refractivity contribution in [3.05, 3.63) is 54.1 Å². The Hall–Kier alpha value is -3.33. The molecule has 0 aliphatic rings. The number of hydrogen-bond donors (Lipinski definition) is 4. The summed E-state index contributed by atoms with van der Waals surface area (Å²) in [5.74, 6) is 0.583. The van der Waals surface area contributed by atoms with Crippen molar-refractivity contribution in [2.45, 2.75) is 11.8 Å². The maximum Gasteiger partial charge on any atom is 0.409 e. The van der Waals surface area contributed by atoms with Crippen LogP contribution < -0.4 is 10.6 Å². The third kappa shape index (κ3) is 4.45. The standard InChI is InChI=1S/C18H18N4O4S/c1-11-9-13(19-18(23)24)5-8-15(11)20-17-10-16(21-22-17)12-3-6-14(7-4-12)27(2,25)26/h3-10,19H,1-2H3,(H,23,24)(H2,20,21,22). The molecule has 8 nitrogen and oxygen atoms in total. The molecule has 3 aromatic rings. The maximum atomic E-state index is 11.5. The number of nitrogens with zero attached hydrogens (tertiary/aromatic N) is 1. The van der Waals surface area contributed by atoms with Crippen molar-refractivity contribution < 1.29 is 18.3 Å². The van der Waals surface area contributed by atoms with Gasteiger partial charge in [-0.2, -0.15) is 5.10 Å². The van der Waals surface area contributed by atoms with E-state index in [0.717, 1.165) is 22.5 Å². The zero-order valence-electron chi connectivity index (χ0n) is 14.6. The molecule has 0 unspecified atom stereocenters. The number of H-pyrrole nitrogens is 1. The van der Waals surface area contributed by atoms with E-state index in [1.807, 2.05) is 6.92 Å². The molecule has 0 fully saturated rings. The zero-order valence-corrected chi connectivity index (χ0v) is 15.5. The number of aromatic nitrogens is 2. The van der Waals surface area contributed by atoms with Crippen LogP contribution in [0.25, 0.3) is 11.3 Å². The molecular formula is C18H18N4O4S. The van der Waals surface area contributed by atoms with Crippen molar-refractivity contribution in [3.63, 3.8) is 0 Å². The Morgan fingerprint density at radius 1 is 1.11 bits per heavy atom. The summed E-state index contributed by atoms with van der Waals surface area (Å²) in [6, 6.07) is 13.5. The van der Waals surface area contributed by atoms with Crippen LogP contribution in [0.3, 0.4) is 0 Å². The van der Waals surface area contributed by atoms with E-state index in [1.165, 1.54) is 6.26 Å². The quantitative estimate of drug-likeness (QED) is 0.531. The van der Waals surface area contributed by atoms with Gasteiger partial charge in [0.2, 0.25) is 0 Å². The van der Waals surface area contributed by atoms with E-state index in [9.17, 15) is 13.2 Å². The molecule has 1 amide bonds. The Balaban J connectivity index is 1.77. The van der Waals surface area contributed by atoms with Gasteiger partial charge >= 0.3 is 6.09 Å². The summed E-state index contributed by atoms with van der Waals surface area (Å²) in [6.45, 7) is 1.85. The van der Waals surface area contributed by atoms with Crippen molar-refractivity contribution >= 4 is 33.1 Å². The first-order valence-electron chi connectivity index (χ1n) is 7.96. The second kappa shape index (κ2) is 7.12. The molecule has 0 atom stereocenters. The maximum absolute atomic E-state index is 11.5. The van der Waals surface area contributed by atoms with E-state index < -0.39 is 15.9 Å². The summed E-state index contributed by atoms with van der Waals surface area (Å²) in [5.41, 5.74) is 3.67. The van der Waals surface area contributed by atoms with Crippen molar-refractivity contribution in [1.29, 1.82) is 0 Å². The zero-order chi connectivity index (χ0) is 19.6. The number of aryl methyl sites for hydroxylation is 1. The third-order valence-corrected chi connectivity index (χ3v) is 5.04. The van der Waals surface area contributed by atoms with Crippen LogP contribution in [-0.2, 0) is 9.84 Å². The molecule has 0 spiro atoms. The molecule has 3 rings (SSSR count). The van der Waals surface area contributed by atoms with E-state index in [4.69, 9.17) is 5.11 Å². The van der Waals surface area contributed by atoms with E-state index in [-0.39, 0.29) is 4.90 Å². The van der Waals surface area contributed by atoms with E-state index in [0.29, 0.717) is 11.5 Å². The molecule has 0 saturated carbocycles. The van der Waals surface area contributed by atoms with Gasteiger partial charge in [-0.3, -0.25) is 10.4 Å². The van der Waals surface area contributed by atoms with Crippen LogP contribution in [0.15, 0.2) is 53.4 Å². The van der Waals surface area contributed by atoms with Crippen LogP contribution in [0.4, 0.5) is 22.0 Å². The predicted octanol–water partition coefficient (Wildman–Crippen LogP) is 3.62. The van der Waals surface area contributed by atoms with Gasteiger partial charge in [-0.15, -0.1) is 0 Å². The highest BCUT2D eigenvalue weighted by molar-refractivity contribution is 7.90. The normalized spacial score (nSPS) is 11.2. The smallest absolute Gasteiger partial charge is 0.409 e. The fourth-order valence-electron chi connectivity index (χ4n) is 2.56. The molecule has 0 aliphatic carbocycles. The molecule has 1 heterocycles. The molecule has 4 N–H and O–H groups in total. The van der Waals surface area contributed by atoms with Crippen LogP contribution in [0.1, 0.15) is 5.56 Å². The van der Waals surface area contributed by atoms with Crippen molar-refractivity contribution in [1.82, 2.24) is 10.2 Å². The number of amides is 1. The van der Waals surface area contributed by atoms with Gasteiger partial charge in [0.25, 0.3) is 0 Å². The summed E-state index contributed by atoms with van der Waals surface area (Å²) in [7, 11) is -3.23. The number of nitrogens with one attached hydrogen (secondary N) is 3. The fourth-order valence-corrected chi connectivity index (χ4v) is 3.19. The van der Waals surface area contributed by atoms with Gasteiger partial charge in [0.05, 0.1) is 10.6 Å². The lowest BCUT2D eigenvalue weighted by Gasteiger charge is -2.09. The monoisotopic (exact) mass is 386 g/mol. The highest BCUT2D eigenvalue weighted by Gasteiger charge is 2.09.